The molecule has 1 aromatic carbocycles. The zero-order chi connectivity index (χ0) is 15.4. The third-order valence-corrected chi connectivity index (χ3v) is 4.09. The third kappa shape index (κ3) is 4.33. The van der Waals surface area contributed by atoms with Gasteiger partial charge in [-0.2, -0.15) is 0 Å². The lowest BCUT2D eigenvalue weighted by Crippen LogP contribution is -2.15. The molecule has 0 aliphatic carbocycles. The van der Waals surface area contributed by atoms with Crippen molar-refractivity contribution < 1.29 is 14.7 Å². The van der Waals surface area contributed by atoms with Gasteiger partial charge in [-0.3, -0.25) is 4.79 Å². The molecule has 0 aromatic heterocycles. The number of carboxylic acid groups (broad SMARTS) is 1. The molecule has 0 radical (unpaired) electrons. The molecular formula is C14H16Cl2N2O3. The van der Waals surface area contributed by atoms with Gasteiger partial charge in [0.15, 0.2) is 0 Å². The molecule has 1 aliphatic rings. The van der Waals surface area contributed by atoms with E-state index < -0.39 is 5.97 Å². The van der Waals surface area contributed by atoms with E-state index in [0.717, 1.165) is 25.9 Å². The van der Waals surface area contributed by atoms with E-state index in [1.54, 1.807) is 0 Å². The molecule has 1 aliphatic heterocycles. The van der Waals surface area contributed by atoms with Crippen molar-refractivity contribution >= 4 is 40.8 Å². The quantitative estimate of drug-likeness (QED) is 0.775. The van der Waals surface area contributed by atoms with Gasteiger partial charge in [0, 0.05) is 6.42 Å². The highest BCUT2D eigenvalue weighted by atomic mass is 35.5. The van der Waals surface area contributed by atoms with Crippen LogP contribution in [-0.4, -0.2) is 30.1 Å². The van der Waals surface area contributed by atoms with E-state index in [2.05, 4.69) is 10.6 Å². The number of hydrogen-bond donors (Lipinski definition) is 3. The number of benzene rings is 1. The van der Waals surface area contributed by atoms with Crippen molar-refractivity contribution in [2.24, 2.45) is 5.92 Å². The van der Waals surface area contributed by atoms with Gasteiger partial charge in [-0.1, -0.05) is 23.2 Å². The fourth-order valence-electron chi connectivity index (χ4n) is 2.31. The van der Waals surface area contributed by atoms with Crippen LogP contribution in [0.25, 0.3) is 0 Å². The van der Waals surface area contributed by atoms with E-state index in [0.29, 0.717) is 12.3 Å². The number of hydrogen-bond acceptors (Lipinski definition) is 3. The summed E-state index contributed by atoms with van der Waals surface area (Å²) < 4.78 is 0. The zero-order valence-electron chi connectivity index (χ0n) is 11.3. The topological polar surface area (TPSA) is 78.4 Å². The van der Waals surface area contributed by atoms with Crippen LogP contribution >= 0.6 is 23.2 Å². The number of rotatable bonds is 5. The molecule has 1 aromatic rings. The molecule has 1 fully saturated rings. The molecule has 0 spiro atoms. The summed E-state index contributed by atoms with van der Waals surface area (Å²) in [4.78, 5) is 22.8. The third-order valence-electron chi connectivity index (χ3n) is 3.50. The highest BCUT2D eigenvalue weighted by molar-refractivity contribution is 6.40. The van der Waals surface area contributed by atoms with E-state index in [1.807, 2.05) is 0 Å². The van der Waals surface area contributed by atoms with Crippen molar-refractivity contribution in [2.45, 2.75) is 19.3 Å². The first-order chi connectivity index (χ1) is 9.97. The number of halogens is 2. The lowest BCUT2D eigenvalue weighted by atomic mass is 10.0. The predicted molar refractivity (Wildman–Crippen MR) is 82.3 cm³/mol. The van der Waals surface area contributed by atoms with Gasteiger partial charge in [-0.05, 0) is 44.0 Å². The zero-order valence-corrected chi connectivity index (χ0v) is 12.8. The SMILES string of the molecule is O=C(CCC1CCNC1)Nc1c(Cl)cc(C(=O)O)cc1Cl. The number of anilines is 1. The van der Waals surface area contributed by atoms with Crippen molar-refractivity contribution in [3.05, 3.63) is 27.7 Å². The molecule has 1 atom stereocenters. The lowest BCUT2D eigenvalue weighted by molar-refractivity contribution is -0.116. The minimum Gasteiger partial charge on any atom is -0.478 e. The highest BCUT2D eigenvalue weighted by Gasteiger charge is 2.18. The molecule has 7 heteroatoms. The summed E-state index contributed by atoms with van der Waals surface area (Å²) in [5.74, 6) is -0.768. The van der Waals surface area contributed by atoms with Gasteiger partial charge in [-0.15, -0.1) is 0 Å². The van der Waals surface area contributed by atoms with Crippen LogP contribution in [0.2, 0.25) is 10.0 Å². The number of carboxylic acids is 1. The molecular weight excluding hydrogens is 315 g/mol. The number of aromatic carboxylic acids is 1. The Morgan fingerprint density at radius 2 is 2.00 bits per heavy atom. The summed E-state index contributed by atoms with van der Waals surface area (Å²) in [7, 11) is 0. The Morgan fingerprint density at radius 1 is 1.33 bits per heavy atom. The molecule has 3 N–H and O–H groups in total. The summed E-state index contributed by atoms with van der Waals surface area (Å²) in [5.41, 5.74) is 0.248. The van der Waals surface area contributed by atoms with Crippen LogP contribution in [0.3, 0.4) is 0 Å². The Balaban J connectivity index is 1.98. The van der Waals surface area contributed by atoms with Crippen LogP contribution < -0.4 is 10.6 Å². The van der Waals surface area contributed by atoms with Crippen LogP contribution in [-0.2, 0) is 4.79 Å². The predicted octanol–water partition coefficient (Wildman–Crippen LogP) is 3.02. The fourth-order valence-corrected chi connectivity index (χ4v) is 2.90. The van der Waals surface area contributed by atoms with Gasteiger partial charge in [-0.25, -0.2) is 4.79 Å². The second kappa shape index (κ2) is 7.11. The summed E-state index contributed by atoms with van der Waals surface area (Å²) >= 11 is 12.0. The molecule has 1 saturated heterocycles. The molecule has 2 rings (SSSR count). The molecule has 1 unspecified atom stereocenters. The van der Waals surface area contributed by atoms with Crippen molar-refractivity contribution in [1.29, 1.82) is 0 Å². The van der Waals surface area contributed by atoms with Gasteiger partial charge in [0.2, 0.25) is 5.91 Å². The van der Waals surface area contributed by atoms with Gasteiger partial charge in [0.05, 0.1) is 21.3 Å². The van der Waals surface area contributed by atoms with Crippen LogP contribution in [0.4, 0.5) is 5.69 Å². The number of nitrogens with one attached hydrogen (secondary N) is 2. The fraction of sp³-hybridized carbons (Fsp3) is 0.429. The Kier molecular flexibility index (Phi) is 5.45. The second-order valence-corrected chi connectivity index (χ2v) is 5.88. The molecule has 0 saturated carbocycles. The minimum atomic E-state index is -1.12. The van der Waals surface area contributed by atoms with Gasteiger partial charge < -0.3 is 15.7 Å². The molecule has 21 heavy (non-hydrogen) atoms. The standard InChI is InChI=1S/C14H16Cl2N2O3/c15-10-5-9(14(20)21)6-11(16)13(10)18-12(19)2-1-8-3-4-17-7-8/h5-6,8,17H,1-4,7H2,(H,18,19)(H,20,21). The van der Waals surface area contributed by atoms with Crippen molar-refractivity contribution in [2.75, 3.05) is 18.4 Å². The largest absolute Gasteiger partial charge is 0.478 e. The Morgan fingerprint density at radius 3 is 2.52 bits per heavy atom. The summed E-state index contributed by atoms with van der Waals surface area (Å²) in [6, 6.07) is 2.54. The summed E-state index contributed by atoms with van der Waals surface area (Å²) in [6.45, 7) is 1.95. The molecule has 0 bridgehead atoms. The monoisotopic (exact) mass is 330 g/mol. The van der Waals surface area contributed by atoms with E-state index in [9.17, 15) is 9.59 Å². The Bertz CT molecular complexity index is 534. The second-order valence-electron chi connectivity index (χ2n) is 5.07. The maximum Gasteiger partial charge on any atom is 0.335 e. The lowest BCUT2D eigenvalue weighted by Gasteiger charge is -2.12. The minimum absolute atomic E-state index is 0.0139. The first-order valence-electron chi connectivity index (χ1n) is 6.70. The van der Waals surface area contributed by atoms with Crippen LogP contribution in [0.5, 0.6) is 0 Å². The van der Waals surface area contributed by atoms with Crippen LogP contribution in [0.1, 0.15) is 29.6 Å². The van der Waals surface area contributed by atoms with E-state index in [-0.39, 0.29) is 27.2 Å². The van der Waals surface area contributed by atoms with E-state index in [4.69, 9.17) is 28.3 Å². The number of carbonyl (C=O) groups excluding carboxylic acids is 1. The molecule has 5 nitrogen and oxygen atoms in total. The molecule has 1 heterocycles. The first-order valence-corrected chi connectivity index (χ1v) is 7.46. The van der Waals surface area contributed by atoms with Crippen molar-refractivity contribution in [3.8, 4) is 0 Å². The van der Waals surface area contributed by atoms with Crippen LogP contribution in [0, 0.1) is 5.92 Å². The van der Waals surface area contributed by atoms with Crippen LogP contribution in [0.15, 0.2) is 12.1 Å². The number of carbonyl (C=O) groups is 2. The number of amides is 1. The maximum atomic E-state index is 11.9. The average Bonchev–Trinajstić information content (AvgIpc) is 2.93. The maximum absolute atomic E-state index is 11.9. The normalized spacial score (nSPS) is 17.7. The molecule has 1 amide bonds. The van der Waals surface area contributed by atoms with E-state index >= 15 is 0 Å². The van der Waals surface area contributed by atoms with Gasteiger partial charge in [0.1, 0.15) is 0 Å². The summed E-state index contributed by atoms with van der Waals surface area (Å²) in [5, 5.41) is 15.0. The van der Waals surface area contributed by atoms with Gasteiger partial charge >= 0.3 is 5.97 Å². The Hall–Kier alpha value is -1.30. The average molecular weight is 331 g/mol. The van der Waals surface area contributed by atoms with Crippen molar-refractivity contribution in [1.82, 2.24) is 5.32 Å². The Labute approximate surface area is 132 Å². The molecule has 114 valence electrons. The van der Waals surface area contributed by atoms with Gasteiger partial charge in [0.25, 0.3) is 0 Å². The smallest absolute Gasteiger partial charge is 0.335 e. The first kappa shape index (κ1) is 16.1. The highest BCUT2D eigenvalue weighted by Crippen LogP contribution is 2.32. The van der Waals surface area contributed by atoms with Crippen molar-refractivity contribution in [3.63, 3.8) is 0 Å². The van der Waals surface area contributed by atoms with E-state index in [1.165, 1.54) is 12.1 Å². The summed E-state index contributed by atoms with van der Waals surface area (Å²) in [6.07, 6.45) is 2.28.